The van der Waals surface area contributed by atoms with Crippen LogP contribution in [0.4, 0.5) is 24.5 Å². The van der Waals surface area contributed by atoms with E-state index >= 15 is 0 Å². The first kappa shape index (κ1) is 19.0. The van der Waals surface area contributed by atoms with Gasteiger partial charge in [-0.3, -0.25) is 14.4 Å². The topological polar surface area (TPSA) is 87.3 Å². The van der Waals surface area contributed by atoms with Gasteiger partial charge in [-0.25, -0.2) is 0 Å². The molecule has 26 heavy (non-hydrogen) atoms. The van der Waals surface area contributed by atoms with E-state index < -0.39 is 23.9 Å². The van der Waals surface area contributed by atoms with Gasteiger partial charge in [-0.05, 0) is 30.3 Å². The molecule has 0 aliphatic carbocycles. The van der Waals surface area contributed by atoms with Crippen LogP contribution in [0.3, 0.4) is 0 Å². The molecule has 0 bridgehead atoms. The van der Waals surface area contributed by atoms with E-state index in [1.807, 2.05) is 0 Å². The van der Waals surface area contributed by atoms with Gasteiger partial charge >= 0.3 is 12.1 Å². The van der Waals surface area contributed by atoms with Crippen LogP contribution in [-0.2, 0) is 9.59 Å². The molecule has 0 aliphatic heterocycles. The van der Waals surface area contributed by atoms with Crippen molar-refractivity contribution in [1.29, 1.82) is 0 Å². The minimum Gasteiger partial charge on any atom is -0.343 e. The highest BCUT2D eigenvalue weighted by atomic mass is 19.4. The van der Waals surface area contributed by atoms with Gasteiger partial charge < -0.3 is 16.0 Å². The van der Waals surface area contributed by atoms with Crippen molar-refractivity contribution in [3.63, 3.8) is 0 Å². The number of amides is 3. The van der Waals surface area contributed by atoms with E-state index in [-0.39, 0.29) is 17.9 Å². The number of anilines is 2. The molecule has 6 nitrogen and oxygen atoms in total. The number of carbonyl (C=O) groups excluding carboxylic acids is 3. The molecule has 2 aromatic rings. The number of nitrogens with one attached hydrogen (secondary N) is 3. The van der Waals surface area contributed by atoms with E-state index in [1.165, 1.54) is 24.3 Å². The van der Waals surface area contributed by atoms with Crippen LogP contribution in [0.1, 0.15) is 10.4 Å². The van der Waals surface area contributed by atoms with Gasteiger partial charge in [0.2, 0.25) is 5.91 Å². The van der Waals surface area contributed by atoms with Crippen LogP contribution in [0.2, 0.25) is 0 Å². The largest absolute Gasteiger partial charge is 0.471 e. The van der Waals surface area contributed by atoms with Gasteiger partial charge in [0, 0.05) is 16.9 Å². The van der Waals surface area contributed by atoms with Crippen molar-refractivity contribution in [3.05, 3.63) is 60.2 Å². The summed E-state index contributed by atoms with van der Waals surface area (Å²) in [7, 11) is 0. The van der Waals surface area contributed by atoms with Crippen molar-refractivity contribution in [2.24, 2.45) is 0 Å². The van der Waals surface area contributed by atoms with Crippen molar-refractivity contribution in [2.45, 2.75) is 6.18 Å². The highest BCUT2D eigenvalue weighted by molar-refractivity contribution is 6.00. The molecule has 0 unspecified atom stereocenters. The Morgan fingerprint density at radius 3 is 2.08 bits per heavy atom. The van der Waals surface area contributed by atoms with Crippen molar-refractivity contribution in [3.8, 4) is 0 Å². The summed E-state index contributed by atoms with van der Waals surface area (Å²) in [5.74, 6) is -3.13. The van der Waals surface area contributed by atoms with Gasteiger partial charge in [-0.15, -0.1) is 0 Å². The maximum Gasteiger partial charge on any atom is 0.471 e. The molecule has 0 saturated heterocycles. The summed E-state index contributed by atoms with van der Waals surface area (Å²) in [5.41, 5.74) is 0.430. The Morgan fingerprint density at radius 1 is 0.846 bits per heavy atom. The first-order valence-corrected chi connectivity index (χ1v) is 7.37. The van der Waals surface area contributed by atoms with Gasteiger partial charge in [0.25, 0.3) is 5.91 Å². The van der Waals surface area contributed by atoms with Crippen LogP contribution in [0.5, 0.6) is 0 Å². The summed E-state index contributed by atoms with van der Waals surface area (Å²) in [6.45, 7) is -0.327. The summed E-state index contributed by atoms with van der Waals surface area (Å²) in [6, 6.07) is 13.5. The Morgan fingerprint density at radius 2 is 1.46 bits per heavy atom. The van der Waals surface area contributed by atoms with Crippen molar-refractivity contribution in [1.82, 2.24) is 5.32 Å². The number of rotatable bonds is 5. The minimum atomic E-state index is -5.01. The Bertz CT molecular complexity index is 808. The molecule has 2 aromatic carbocycles. The minimum absolute atomic E-state index is 0.126. The van der Waals surface area contributed by atoms with Crippen LogP contribution in [0.15, 0.2) is 54.6 Å². The summed E-state index contributed by atoms with van der Waals surface area (Å²) in [6.07, 6.45) is -5.01. The number of benzene rings is 2. The lowest BCUT2D eigenvalue weighted by molar-refractivity contribution is -0.167. The number of halogens is 3. The van der Waals surface area contributed by atoms with Crippen LogP contribution in [0, 0.1) is 0 Å². The number of carbonyl (C=O) groups is 3. The molecule has 2 rings (SSSR count). The molecule has 0 saturated carbocycles. The molecule has 0 fully saturated rings. The Balaban J connectivity index is 1.90. The average molecular weight is 365 g/mol. The zero-order valence-electron chi connectivity index (χ0n) is 13.3. The summed E-state index contributed by atoms with van der Waals surface area (Å²) in [5, 5.41) is 6.51. The lowest BCUT2D eigenvalue weighted by atomic mass is 10.2. The molecule has 0 atom stereocenters. The fourth-order valence-electron chi connectivity index (χ4n) is 1.93. The maximum atomic E-state index is 12.2. The van der Waals surface area contributed by atoms with Crippen LogP contribution in [0.25, 0.3) is 0 Å². The van der Waals surface area contributed by atoms with Gasteiger partial charge in [0.1, 0.15) is 0 Å². The second-order valence-corrected chi connectivity index (χ2v) is 5.13. The second-order valence-electron chi connectivity index (χ2n) is 5.13. The molecule has 3 amide bonds. The average Bonchev–Trinajstić information content (AvgIpc) is 2.60. The lowest BCUT2D eigenvalue weighted by Gasteiger charge is -2.10. The monoisotopic (exact) mass is 365 g/mol. The quantitative estimate of drug-likeness (QED) is 0.761. The molecule has 0 radical (unpaired) electrons. The van der Waals surface area contributed by atoms with E-state index in [0.29, 0.717) is 5.56 Å². The molecule has 3 N–H and O–H groups in total. The van der Waals surface area contributed by atoms with Crippen LogP contribution < -0.4 is 16.0 Å². The summed E-state index contributed by atoms with van der Waals surface area (Å²) in [4.78, 5) is 34.6. The van der Waals surface area contributed by atoms with Crippen molar-refractivity contribution in [2.75, 3.05) is 17.2 Å². The highest BCUT2D eigenvalue weighted by Gasteiger charge is 2.38. The number of alkyl halides is 3. The first-order chi connectivity index (χ1) is 12.3. The van der Waals surface area contributed by atoms with Gasteiger partial charge in [-0.1, -0.05) is 24.3 Å². The van der Waals surface area contributed by atoms with E-state index in [0.717, 1.165) is 0 Å². The fourth-order valence-corrected chi connectivity index (χ4v) is 1.93. The third kappa shape index (κ3) is 5.62. The summed E-state index contributed by atoms with van der Waals surface area (Å²) >= 11 is 0. The first-order valence-electron chi connectivity index (χ1n) is 7.37. The lowest BCUT2D eigenvalue weighted by Crippen LogP contribution is -2.33. The fraction of sp³-hybridized carbons (Fsp3) is 0.118. The molecule has 136 valence electrons. The zero-order valence-corrected chi connectivity index (χ0v) is 13.3. The van der Waals surface area contributed by atoms with E-state index in [1.54, 1.807) is 35.6 Å². The highest BCUT2D eigenvalue weighted by Crippen LogP contribution is 2.20. The van der Waals surface area contributed by atoms with Gasteiger partial charge in [0.05, 0.1) is 6.54 Å². The van der Waals surface area contributed by atoms with Crippen LogP contribution in [-0.4, -0.2) is 30.4 Å². The molecule has 0 spiro atoms. The predicted octanol–water partition coefficient (Wildman–Crippen LogP) is 2.56. The molecular weight excluding hydrogens is 351 g/mol. The van der Waals surface area contributed by atoms with Crippen LogP contribution >= 0.6 is 0 Å². The Hall–Kier alpha value is -3.36. The van der Waals surface area contributed by atoms with E-state index in [9.17, 15) is 27.6 Å². The van der Waals surface area contributed by atoms with Crippen molar-refractivity contribution >= 4 is 29.1 Å². The SMILES string of the molecule is O=C(CNC(=O)c1ccccc1)Nc1cccc(NC(=O)C(F)(F)F)c1. The van der Waals surface area contributed by atoms with E-state index in [4.69, 9.17) is 0 Å². The standard InChI is InChI=1S/C17H14F3N3O3/c18-17(19,20)16(26)23-13-8-4-7-12(9-13)22-14(24)10-21-15(25)11-5-2-1-3-6-11/h1-9H,10H2,(H,21,25)(H,22,24)(H,23,26). The third-order valence-electron chi connectivity index (χ3n) is 3.11. The predicted molar refractivity (Wildman–Crippen MR) is 88.5 cm³/mol. The Labute approximate surface area is 146 Å². The smallest absolute Gasteiger partial charge is 0.343 e. The third-order valence-corrected chi connectivity index (χ3v) is 3.11. The zero-order chi connectivity index (χ0) is 19.2. The molecular formula is C17H14F3N3O3. The van der Waals surface area contributed by atoms with Gasteiger partial charge in [-0.2, -0.15) is 13.2 Å². The second kappa shape index (κ2) is 8.15. The molecule has 9 heteroatoms. The van der Waals surface area contributed by atoms with E-state index in [2.05, 4.69) is 10.6 Å². The summed E-state index contributed by atoms with van der Waals surface area (Å²) < 4.78 is 36.7. The molecule has 0 aliphatic rings. The van der Waals surface area contributed by atoms with Gasteiger partial charge in [0.15, 0.2) is 0 Å². The number of hydrogen-bond donors (Lipinski definition) is 3. The Kier molecular flexibility index (Phi) is 5.94. The maximum absolute atomic E-state index is 12.2. The normalized spacial score (nSPS) is 10.7. The molecule has 0 aromatic heterocycles. The number of hydrogen-bond acceptors (Lipinski definition) is 3. The van der Waals surface area contributed by atoms with Crippen molar-refractivity contribution < 1.29 is 27.6 Å². The molecule has 0 heterocycles.